The maximum absolute atomic E-state index is 13.0. The number of hydrogen-bond donors (Lipinski definition) is 1. The molecule has 1 aliphatic rings. The van der Waals surface area contributed by atoms with E-state index in [9.17, 15) is 9.18 Å². The molecule has 4 rings (SSSR count). The van der Waals surface area contributed by atoms with Gasteiger partial charge >= 0.3 is 0 Å². The van der Waals surface area contributed by atoms with Crippen LogP contribution in [0.1, 0.15) is 17.9 Å². The topological polar surface area (TPSA) is 54.9 Å². The lowest BCUT2D eigenvalue weighted by molar-refractivity contribution is -0.117. The molecule has 2 aromatic heterocycles. The van der Waals surface area contributed by atoms with Gasteiger partial charge in [0.1, 0.15) is 11.6 Å². The maximum atomic E-state index is 13.0. The Kier molecular flexibility index (Phi) is 3.98. The zero-order chi connectivity index (χ0) is 17.2. The van der Waals surface area contributed by atoms with Gasteiger partial charge in [-0.25, -0.2) is 9.37 Å². The SMILES string of the molecule is O=C(Nc1ccccn1)[C@@H]1C[C@H]1c1ccc(-c2ccc(F)cc2)nc1. The average Bonchev–Trinajstić information content (AvgIpc) is 3.44. The molecular weight excluding hydrogens is 317 g/mol. The lowest BCUT2D eigenvalue weighted by atomic mass is 10.1. The standard InChI is InChI=1S/C20H16FN3O/c21-15-7-4-13(5-8-15)18-9-6-14(12-23-18)16-11-17(16)20(25)24-19-3-1-2-10-22-19/h1-10,12,16-17H,11H2,(H,22,24,25)/t16-,17+/m0/s1. The molecule has 2 heterocycles. The molecule has 1 fully saturated rings. The molecule has 1 aromatic carbocycles. The number of nitrogens with zero attached hydrogens (tertiary/aromatic N) is 2. The Morgan fingerprint density at radius 1 is 1.04 bits per heavy atom. The van der Waals surface area contributed by atoms with Gasteiger partial charge in [-0.15, -0.1) is 0 Å². The molecule has 0 spiro atoms. The highest BCUT2D eigenvalue weighted by molar-refractivity contribution is 5.94. The van der Waals surface area contributed by atoms with E-state index < -0.39 is 0 Å². The third kappa shape index (κ3) is 3.40. The second-order valence-corrected chi connectivity index (χ2v) is 6.14. The predicted octanol–water partition coefficient (Wildman–Crippen LogP) is 4.02. The van der Waals surface area contributed by atoms with Crippen LogP contribution in [0.4, 0.5) is 10.2 Å². The number of benzene rings is 1. The third-order valence-corrected chi connectivity index (χ3v) is 4.40. The maximum Gasteiger partial charge on any atom is 0.229 e. The molecule has 3 aromatic rings. The van der Waals surface area contributed by atoms with Gasteiger partial charge in [-0.05, 0) is 60.4 Å². The first-order valence-electron chi connectivity index (χ1n) is 8.14. The highest BCUT2D eigenvalue weighted by Crippen LogP contribution is 2.47. The molecule has 0 radical (unpaired) electrons. The Morgan fingerprint density at radius 2 is 1.88 bits per heavy atom. The number of carbonyl (C=O) groups excluding carboxylic acids is 1. The largest absolute Gasteiger partial charge is 0.310 e. The molecule has 0 saturated heterocycles. The minimum atomic E-state index is -0.264. The number of hydrogen-bond acceptors (Lipinski definition) is 3. The average molecular weight is 333 g/mol. The van der Waals surface area contributed by atoms with Crippen molar-refractivity contribution in [2.45, 2.75) is 12.3 Å². The van der Waals surface area contributed by atoms with Crippen LogP contribution in [-0.2, 0) is 4.79 Å². The van der Waals surface area contributed by atoms with Crippen molar-refractivity contribution in [2.75, 3.05) is 5.32 Å². The third-order valence-electron chi connectivity index (χ3n) is 4.40. The molecule has 1 aliphatic carbocycles. The van der Waals surface area contributed by atoms with E-state index in [4.69, 9.17) is 0 Å². The van der Waals surface area contributed by atoms with Crippen LogP contribution in [0, 0.1) is 11.7 Å². The lowest BCUT2D eigenvalue weighted by Gasteiger charge is -2.05. The van der Waals surface area contributed by atoms with Gasteiger partial charge in [0.05, 0.1) is 5.69 Å². The fourth-order valence-corrected chi connectivity index (χ4v) is 2.92. The van der Waals surface area contributed by atoms with Gasteiger partial charge in [0.25, 0.3) is 0 Å². The molecule has 0 unspecified atom stereocenters. The van der Waals surface area contributed by atoms with Crippen LogP contribution >= 0.6 is 0 Å². The van der Waals surface area contributed by atoms with E-state index in [1.54, 1.807) is 30.6 Å². The summed E-state index contributed by atoms with van der Waals surface area (Å²) in [6, 6.07) is 15.6. The summed E-state index contributed by atoms with van der Waals surface area (Å²) in [4.78, 5) is 20.8. The van der Waals surface area contributed by atoms with Crippen molar-refractivity contribution < 1.29 is 9.18 Å². The number of rotatable bonds is 4. The minimum Gasteiger partial charge on any atom is -0.310 e. The van der Waals surface area contributed by atoms with Crippen LogP contribution < -0.4 is 5.32 Å². The summed E-state index contributed by atoms with van der Waals surface area (Å²) in [5.74, 6) is 0.452. The fraction of sp³-hybridized carbons (Fsp3) is 0.150. The van der Waals surface area contributed by atoms with Crippen molar-refractivity contribution in [3.8, 4) is 11.3 Å². The van der Waals surface area contributed by atoms with Crippen LogP contribution in [0.3, 0.4) is 0 Å². The van der Waals surface area contributed by atoms with Crippen molar-refractivity contribution in [3.63, 3.8) is 0 Å². The van der Waals surface area contributed by atoms with E-state index in [-0.39, 0.29) is 23.6 Å². The first-order chi connectivity index (χ1) is 12.2. The van der Waals surface area contributed by atoms with E-state index in [2.05, 4.69) is 15.3 Å². The lowest BCUT2D eigenvalue weighted by Crippen LogP contribution is -2.15. The quantitative estimate of drug-likeness (QED) is 0.784. The number of aromatic nitrogens is 2. The summed E-state index contributed by atoms with van der Waals surface area (Å²) < 4.78 is 13.0. The Balaban J connectivity index is 1.42. The molecular formula is C20H16FN3O. The van der Waals surface area contributed by atoms with Crippen LogP contribution in [-0.4, -0.2) is 15.9 Å². The van der Waals surface area contributed by atoms with E-state index in [0.29, 0.717) is 5.82 Å². The number of carbonyl (C=O) groups is 1. The summed E-state index contributed by atoms with van der Waals surface area (Å²) in [6.45, 7) is 0. The molecule has 0 aliphatic heterocycles. The molecule has 5 heteroatoms. The Hall–Kier alpha value is -3.08. The van der Waals surface area contributed by atoms with Gasteiger partial charge in [-0.3, -0.25) is 9.78 Å². The summed E-state index contributed by atoms with van der Waals surface area (Å²) >= 11 is 0. The highest BCUT2D eigenvalue weighted by Gasteiger charge is 2.44. The first kappa shape index (κ1) is 15.4. The van der Waals surface area contributed by atoms with Gasteiger partial charge in [-0.1, -0.05) is 12.1 Å². The molecule has 1 amide bonds. The zero-order valence-corrected chi connectivity index (χ0v) is 13.4. The number of pyridine rings is 2. The fourth-order valence-electron chi connectivity index (χ4n) is 2.92. The van der Waals surface area contributed by atoms with Gasteiger partial charge in [0, 0.05) is 23.9 Å². The molecule has 1 N–H and O–H groups in total. The molecule has 1 saturated carbocycles. The number of anilines is 1. The van der Waals surface area contributed by atoms with Crippen LogP contribution in [0.25, 0.3) is 11.3 Å². The summed E-state index contributed by atoms with van der Waals surface area (Å²) in [5, 5.41) is 2.84. The molecule has 4 nitrogen and oxygen atoms in total. The van der Waals surface area contributed by atoms with E-state index in [1.807, 2.05) is 24.3 Å². The van der Waals surface area contributed by atoms with Crippen molar-refractivity contribution in [1.82, 2.24) is 9.97 Å². The molecule has 124 valence electrons. The highest BCUT2D eigenvalue weighted by atomic mass is 19.1. The summed E-state index contributed by atoms with van der Waals surface area (Å²) in [5.41, 5.74) is 2.71. The number of amides is 1. The normalized spacial score (nSPS) is 18.6. The van der Waals surface area contributed by atoms with E-state index in [1.165, 1.54) is 12.1 Å². The molecule has 25 heavy (non-hydrogen) atoms. The molecule has 0 bridgehead atoms. The van der Waals surface area contributed by atoms with E-state index >= 15 is 0 Å². The van der Waals surface area contributed by atoms with Crippen molar-refractivity contribution in [1.29, 1.82) is 0 Å². The number of nitrogens with one attached hydrogen (secondary N) is 1. The number of halogens is 1. The van der Waals surface area contributed by atoms with Gasteiger partial charge in [-0.2, -0.15) is 0 Å². The summed E-state index contributed by atoms with van der Waals surface area (Å²) in [6.07, 6.45) is 4.27. The second-order valence-electron chi connectivity index (χ2n) is 6.14. The van der Waals surface area contributed by atoms with Crippen LogP contribution in [0.15, 0.2) is 67.0 Å². The van der Waals surface area contributed by atoms with Crippen LogP contribution in [0.5, 0.6) is 0 Å². The Labute approximate surface area is 144 Å². The van der Waals surface area contributed by atoms with Gasteiger partial charge in [0.15, 0.2) is 0 Å². The Bertz CT molecular complexity index is 879. The zero-order valence-electron chi connectivity index (χ0n) is 13.4. The van der Waals surface area contributed by atoms with Crippen molar-refractivity contribution in [2.24, 2.45) is 5.92 Å². The molecule has 2 atom stereocenters. The van der Waals surface area contributed by atoms with Crippen LogP contribution in [0.2, 0.25) is 0 Å². The van der Waals surface area contributed by atoms with Crippen molar-refractivity contribution in [3.05, 3.63) is 78.4 Å². The van der Waals surface area contributed by atoms with Gasteiger partial charge < -0.3 is 5.32 Å². The van der Waals surface area contributed by atoms with E-state index in [0.717, 1.165) is 23.2 Å². The second kappa shape index (κ2) is 6.43. The monoisotopic (exact) mass is 333 g/mol. The smallest absolute Gasteiger partial charge is 0.229 e. The predicted molar refractivity (Wildman–Crippen MR) is 93.3 cm³/mol. The first-order valence-corrected chi connectivity index (χ1v) is 8.14. The van der Waals surface area contributed by atoms with Gasteiger partial charge in [0.2, 0.25) is 5.91 Å². The van der Waals surface area contributed by atoms with Crippen molar-refractivity contribution >= 4 is 11.7 Å². The Morgan fingerprint density at radius 3 is 2.56 bits per heavy atom. The minimum absolute atomic E-state index is 0.00805. The summed E-state index contributed by atoms with van der Waals surface area (Å²) in [7, 11) is 0.